The molecule has 1 fully saturated rings. The number of ether oxygens (including phenoxy) is 1. The van der Waals surface area contributed by atoms with E-state index in [1.165, 1.54) is 6.20 Å². The number of hydrogen-bond acceptors (Lipinski definition) is 4. The molecule has 1 aromatic rings. The fraction of sp³-hybridized carbons (Fsp3) is 0.538. The summed E-state index contributed by atoms with van der Waals surface area (Å²) in [5.74, 6) is -0.968. The third kappa shape index (κ3) is 2.46. The van der Waals surface area contributed by atoms with Crippen molar-refractivity contribution in [1.29, 1.82) is 0 Å². The van der Waals surface area contributed by atoms with E-state index in [0.717, 1.165) is 25.0 Å². The fourth-order valence-electron chi connectivity index (χ4n) is 2.16. The number of carbonyl (C=O) groups is 1. The van der Waals surface area contributed by atoms with Gasteiger partial charge in [-0.25, -0.2) is 4.79 Å². The van der Waals surface area contributed by atoms with Crippen LogP contribution in [0.4, 0.5) is 5.69 Å². The zero-order valence-corrected chi connectivity index (χ0v) is 10.7. The molecule has 0 spiro atoms. The Hall–Kier alpha value is -1.62. The zero-order valence-electron chi connectivity index (χ0n) is 10.7. The van der Waals surface area contributed by atoms with Crippen molar-refractivity contribution in [3.8, 4) is 0 Å². The van der Waals surface area contributed by atoms with Crippen LogP contribution in [0.25, 0.3) is 0 Å². The van der Waals surface area contributed by atoms with Crippen LogP contribution in [0.15, 0.2) is 12.3 Å². The standard InChI is InChI=1S/C13H18N2O3/c1-9-6-11(10(7-14-9)12(16)17)15-8-13(18-2)4-3-5-13/h6-7H,3-5,8H2,1-2H3,(H,14,15)(H,16,17). The van der Waals surface area contributed by atoms with Gasteiger partial charge in [0.05, 0.1) is 11.3 Å². The summed E-state index contributed by atoms with van der Waals surface area (Å²) in [6.07, 6.45) is 4.59. The molecule has 5 nitrogen and oxygen atoms in total. The molecule has 5 heteroatoms. The van der Waals surface area contributed by atoms with Crippen molar-refractivity contribution in [3.05, 3.63) is 23.5 Å². The minimum atomic E-state index is -0.968. The number of rotatable bonds is 5. The first kappa shape index (κ1) is 12.8. The molecular weight excluding hydrogens is 232 g/mol. The van der Waals surface area contributed by atoms with Crippen molar-refractivity contribution in [3.63, 3.8) is 0 Å². The molecule has 1 aliphatic rings. The summed E-state index contributed by atoms with van der Waals surface area (Å²) in [7, 11) is 1.71. The number of aryl methyl sites for hydroxylation is 1. The monoisotopic (exact) mass is 250 g/mol. The average Bonchev–Trinajstić information content (AvgIpc) is 2.28. The van der Waals surface area contributed by atoms with E-state index < -0.39 is 5.97 Å². The van der Waals surface area contributed by atoms with Crippen LogP contribution in [-0.4, -0.2) is 35.3 Å². The van der Waals surface area contributed by atoms with Gasteiger partial charge in [0, 0.05) is 25.5 Å². The SMILES string of the molecule is COC1(CNc2cc(C)ncc2C(=O)O)CCC1. The number of aromatic nitrogens is 1. The quantitative estimate of drug-likeness (QED) is 0.837. The summed E-state index contributed by atoms with van der Waals surface area (Å²) in [4.78, 5) is 15.1. The van der Waals surface area contributed by atoms with Crippen LogP contribution in [0.2, 0.25) is 0 Å². The Balaban J connectivity index is 2.12. The highest BCUT2D eigenvalue weighted by Crippen LogP contribution is 2.35. The molecule has 0 bridgehead atoms. The van der Waals surface area contributed by atoms with Crippen molar-refractivity contribution in [1.82, 2.24) is 4.98 Å². The minimum absolute atomic E-state index is 0.132. The first-order valence-corrected chi connectivity index (χ1v) is 6.05. The largest absolute Gasteiger partial charge is 0.478 e. The molecule has 1 saturated carbocycles. The van der Waals surface area contributed by atoms with E-state index >= 15 is 0 Å². The molecule has 1 heterocycles. The highest BCUT2D eigenvalue weighted by atomic mass is 16.5. The zero-order chi connectivity index (χ0) is 13.2. The first-order valence-electron chi connectivity index (χ1n) is 6.05. The first-order chi connectivity index (χ1) is 8.56. The number of nitrogens with one attached hydrogen (secondary N) is 1. The summed E-state index contributed by atoms with van der Waals surface area (Å²) in [6.45, 7) is 2.47. The molecule has 0 unspecified atom stereocenters. The van der Waals surface area contributed by atoms with Gasteiger partial charge >= 0.3 is 5.97 Å². The summed E-state index contributed by atoms with van der Waals surface area (Å²) < 4.78 is 5.50. The Bertz CT molecular complexity index is 450. The molecule has 0 aliphatic heterocycles. The molecule has 2 rings (SSSR count). The Morgan fingerprint density at radius 3 is 2.83 bits per heavy atom. The van der Waals surface area contributed by atoms with Crippen molar-refractivity contribution < 1.29 is 14.6 Å². The lowest BCUT2D eigenvalue weighted by molar-refractivity contribution is -0.0601. The maximum absolute atomic E-state index is 11.1. The smallest absolute Gasteiger partial charge is 0.339 e. The van der Waals surface area contributed by atoms with Gasteiger partial charge in [0.2, 0.25) is 0 Å². The second-order valence-corrected chi connectivity index (χ2v) is 4.77. The van der Waals surface area contributed by atoms with E-state index in [9.17, 15) is 4.79 Å². The highest BCUT2D eigenvalue weighted by Gasteiger charge is 2.36. The lowest BCUT2D eigenvalue weighted by atomic mass is 9.80. The van der Waals surface area contributed by atoms with E-state index in [1.807, 2.05) is 6.92 Å². The summed E-state index contributed by atoms with van der Waals surface area (Å²) in [5.41, 5.74) is 1.47. The van der Waals surface area contributed by atoms with E-state index in [-0.39, 0.29) is 11.2 Å². The number of anilines is 1. The van der Waals surface area contributed by atoms with Gasteiger partial charge < -0.3 is 15.2 Å². The summed E-state index contributed by atoms with van der Waals surface area (Å²) >= 11 is 0. The van der Waals surface area contributed by atoms with Gasteiger partial charge in [0.15, 0.2) is 0 Å². The lowest BCUT2D eigenvalue weighted by Crippen LogP contribution is -2.45. The van der Waals surface area contributed by atoms with Crippen LogP contribution in [0, 0.1) is 6.92 Å². The molecule has 1 aliphatic carbocycles. The number of aromatic carboxylic acids is 1. The third-order valence-corrected chi connectivity index (χ3v) is 3.57. The Labute approximate surface area is 106 Å². The molecule has 1 aromatic heterocycles. The third-order valence-electron chi connectivity index (χ3n) is 3.57. The number of hydrogen-bond donors (Lipinski definition) is 2. The molecule has 0 atom stereocenters. The predicted molar refractivity (Wildman–Crippen MR) is 68.0 cm³/mol. The van der Waals surface area contributed by atoms with E-state index in [2.05, 4.69) is 10.3 Å². The number of pyridine rings is 1. The normalized spacial score (nSPS) is 17.0. The summed E-state index contributed by atoms with van der Waals surface area (Å²) in [6, 6.07) is 1.76. The maximum atomic E-state index is 11.1. The van der Waals surface area contributed by atoms with Crippen LogP contribution in [0.1, 0.15) is 35.3 Å². The predicted octanol–water partition coefficient (Wildman–Crippen LogP) is 2.07. The number of methoxy groups -OCH3 is 1. The molecule has 18 heavy (non-hydrogen) atoms. The molecule has 2 N–H and O–H groups in total. The van der Waals surface area contributed by atoms with Gasteiger partial charge in [0.1, 0.15) is 5.56 Å². The van der Waals surface area contributed by atoms with Crippen LogP contribution < -0.4 is 5.32 Å². The number of carboxylic acids is 1. The van der Waals surface area contributed by atoms with Gasteiger partial charge in [-0.2, -0.15) is 0 Å². The minimum Gasteiger partial charge on any atom is -0.478 e. The molecule has 0 amide bonds. The van der Waals surface area contributed by atoms with E-state index in [0.29, 0.717) is 12.2 Å². The second kappa shape index (κ2) is 4.94. The van der Waals surface area contributed by atoms with E-state index in [1.54, 1.807) is 13.2 Å². The van der Waals surface area contributed by atoms with Gasteiger partial charge in [-0.1, -0.05) is 0 Å². The molecule has 98 valence electrons. The van der Waals surface area contributed by atoms with Gasteiger partial charge in [0.25, 0.3) is 0 Å². The van der Waals surface area contributed by atoms with Crippen LogP contribution in [-0.2, 0) is 4.74 Å². The molecule has 0 radical (unpaired) electrons. The van der Waals surface area contributed by atoms with Gasteiger partial charge in [-0.3, -0.25) is 4.98 Å². The summed E-state index contributed by atoms with van der Waals surface area (Å²) in [5, 5.41) is 12.3. The number of carboxylic acid groups (broad SMARTS) is 1. The fourth-order valence-corrected chi connectivity index (χ4v) is 2.16. The average molecular weight is 250 g/mol. The van der Waals surface area contributed by atoms with Crippen molar-refractivity contribution >= 4 is 11.7 Å². The van der Waals surface area contributed by atoms with Crippen molar-refractivity contribution in [2.75, 3.05) is 19.0 Å². The van der Waals surface area contributed by atoms with Crippen LogP contribution in [0.3, 0.4) is 0 Å². The van der Waals surface area contributed by atoms with Gasteiger partial charge in [-0.15, -0.1) is 0 Å². The van der Waals surface area contributed by atoms with Crippen LogP contribution >= 0.6 is 0 Å². The lowest BCUT2D eigenvalue weighted by Gasteiger charge is -2.40. The van der Waals surface area contributed by atoms with Crippen molar-refractivity contribution in [2.24, 2.45) is 0 Å². The maximum Gasteiger partial charge on any atom is 0.339 e. The second-order valence-electron chi connectivity index (χ2n) is 4.77. The molecule has 0 aromatic carbocycles. The molecule has 0 saturated heterocycles. The Morgan fingerprint density at radius 2 is 2.33 bits per heavy atom. The van der Waals surface area contributed by atoms with Crippen LogP contribution in [0.5, 0.6) is 0 Å². The van der Waals surface area contributed by atoms with Gasteiger partial charge in [-0.05, 0) is 32.3 Å². The van der Waals surface area contributed by atoms with Crippen molar-refractivity contribution in [2.45, 2.75) is 31.8 Å². The highest BCUT2D eigenvalue weighted by molar-refractivity contribution is 5.93. The Kier molecular flexibility index (Phi) is 3.52. The number of nitrogens with zero attached hydrogens (tertiary/aromatic N) is 1. The topological polar surface area (TPSA) is 71.5 Å². The molecular formula is C13H18N2O3. The Morgan fingerprint density at radius 1 is 1.61 bits per heavy atom. The van der Waals surface area contributed by atoms with E-state index in [4.69, 9.17) is 9.84 Å².